The molecule has 9 heteroatoms. The second kappa shape index (κ2) is 8.76. The first-order valence-electron chi connectivity index (χ1n) is 11.6. The number of thiazole rings is 1. The van der Waals surface area contributed by atoms with E-state index in [0.717, 1.165) is 20.9 Å². The lowest BCUT2D eigenvalue weighted by Gasteiger charge is -2.21. The Hall–Kier alpha value is -3.69. The molecule has 2 atom stereocenters. The monoisotopic (exact) mass is 518 g/mol. The molecule has 2 aromatic carbocycles. The van der Waals surface area contributed by atoms with E-state index >= 15 is 0 Å². The molecule has 2 unspecified atom stereocenters. The van der Waals surface area contributed by atoms with Crippen LogP contribution >= 0.6 is 22.7 Å². The second-order valence-electron chi connectivity index (χ2n) is 8.70. The maximum atomic E-state index is 13.4. The maximum Gasteiger partial charge on any atom is 0.301 e. The molecule has 2 aliphatic heterocycles. The number of Topliss-reactive ketones (excluding diaryl/α,β-unsaturated/α-hetero) is 1. The van der Waals surface area contributed by atoms with Crippen molar-refractivity contribution in [3.05, 3.63) is 75.5 Å². The number of aromatic nitrogens is 1. The third kappa shape index (κ3) is 3.66. The van der Waals surface area contributed by atoms with Crippen LogP contribution in [0, 0.1) is 0 Å². The van der Waals surface area contributed by atoms with E-state index in [4.69, 9.17) is 9.47 Å². The maximum absolute atomic E-state index is 13.4. The van der Waals surface area contributed by atoms with Crippen LogP contribution in [0.1, 0.15) is 35.9 Å². The topological polar surface area (TPSA) is 89.0 Å². The Morgan fingerprint density at radius 3 is 2.86 bits per heavy atom. The van der Waals surface area contributed by atoms with Gasteiger partial charge in [-0.3, -0.25) is 14.5 Å². The van der Waals surface area contributed by atoms with Crippen molar-refractivity contribution in [2.75, 3.05) is 11.5 Å². The molecule has 4 aromatic rings. The normalized spacial score (nSPS) is 20.7. The Balaban J connectivity index is 1.48. The van der Waals surface area contributed by atoms with Crippen molar-refractivity contribution in [3.8, 4) is 11.5 Å². The van der Waals surface area contributed by atoms with E-state index in [2.05, 4.69) is 4.98 Å². The molecule has 4 heterocycles. The number of amides is 1. The standard InChI is InChI=1S/C27H22N2O5S2/c1-3-33-17-7-8-18-21(13-17)36-27(28-18)29-23(20-5-4-10-35-20)22(25(31)26(29)32)24(30)15-6-9-19-16(12-15)11-14(2)34-19/h4-10,12-14,23,30H,3,11H2,1-2H3/b24-22-. The molecule has 36 heavy (non-hydrogen) atoms. The summed E-state index contributed by atoms with van der Waals surface area (Å²) in [5.41, 5.74) is 2.21. The highest BCUT2D eigenvalue weighted by Crippen LogP contribution is 2.46. The molecule has 0 bridgehead atoms. The van der Waals surface area contributed by atoms with Gasteiger partial charge in [-0.05, 0) is 67.3 Å². The molecule has 7 nitrogen and oxygen atoms in total. The van der Waals surface area contributed by atoms with Crippen LogP contribution in [0.3, 0.4) is 0 Å². The third-order valence-electron chi connectivity index (χ3n) is 6.29. The minimum absolute atomic E-state index is 0.0522. The zero-order valence-corrected chi connectivity index (χ0v) is 21.2. The number of aliphatic hydroxyl groups excluding tert-OH is 1. The number of fused-ring (bicyclic) bond motifs is 2. The van der Waals surface area contributed by atoms with Gasteiger partial charge in [0.05, 0.1) is 22.4 Å². The number of rotatable bonds is 5. The van der Waals surface area contributed by atoms with Crippen LogP contribution < -0.4 is 14.4 Å². The highest BCUT2D eigenvalue weighted by molar-refractivity contribution is 7.22. The molecular formula is C27H22N2O5S2. The van der Waals surface area contributed by atoms with Gasteiger partial charge in [-0.1, -0.05) is 17.4 Å². The van der Waals surface area contributed by atoms with Crippen LogP contribution in [-0.2, 0) is 16.0 Å². The molecule has 6 rings (SSSR count). The number of nitrogens with zero attached hydrogens (tertiary/aromatic N) is 2. The Labute approximate surface area is 215 Å². The summed E-state index contributed by atoms with van der Waals surface area (Å²) in [7, 11) is 0. The summed E-state index contributed by atoms with van der Waals surface area (Å²) in [5, 5.41) is 13.7. The van der Waals surface area contributed by atoms with Gasteiger partial charge in [-0.25, -0.2) is 4.98 Å². The molecule has 1 saturated heterocycles. The summed E-state index contributed by atoms with van der Waals surface area (Å²) >= 11 is 2.73. The van der Waals surface area contributed by atoms with Crippen LogP contribution in [0.15, 0.2) is 59.5 Å². The van der Waals surface area contributed by atoms with Crippen molar-refractivity contribution in [2.45, 2.75) is 32.4 Å². The number of hydrogen-bond acceptors (Lipinski definition) is 8. The quantitative estimate of drug-likeness (QED) is 0.207. The number of aliphatic hydroxyl groups is 1. The lowest BCUT2D eigenvalue weighted by Crippen LogP contribution is -2.28. The van der Waals surface area contributed by atoms with Crippen molar-refractivity contribution in [2.24, 2.45) is 0 Å². The number of carbonyl (C=O) groups excluding carboxylic acids is 2. The average molecular weight is 519 g/mol. The predicted molar refractivity (Wildman–Crippen MR) is 140 cm³/mol. The summed E-state index contributed by atoms with van der Waals surface area (Å²) in [4.78, 5) is 33.6. The van der Waals surface area contributed by atoms with Gasteiger partial charge in [0.25, 0.3) is 5.78 Å². The van der Waals surface area contributed by atoms with Gasteiger partial charge in [0, 0.05) is 16.9 Å². The molecular weight excluding hydrogens is 496 g/mol. The number of benzene rings is 2. The van der Waals surface area contributed by atoms with Crippen molar-refractivity contribution >= 4 is 55.5 Å². The highest BCUT2D eigenvalue weighted by atomic mass is 32.1. The lowest BCUT2D eigenvalue weighted by molar-refractivity contribution is -0.132. The summed E-state index contributed by atoms with van der Waals surface area (Å²) in [6.45, 7) is 4.44. The van der Waals surface area contributed by atoms with E-state index < -0.39 is 17.7 Å². The number of ether oxygens (including phenoxy) is 2. The van der Waals surface area contributed by atoms with Crippen molar-refractivity contribution in [1.29, 1.82) is 0 Å². The summed E-state index contributed by atoms with van der Waals surface area (Å²) in [6, 6.07) is 13.8. The van der Waals surface area contributed by atoms with Gasteiger partial charge in [0.1, 0.15) is 29.4 Å². The Bertz CT molecular complexity index is 1540. The van der Waals surface area contributed by atoms with Gasteiger partial charge in [0.15, 0.2) is 5.13 Å². The van der Waals surface area contributed by atoms with Gasteiger partial charge in [0.2, 0.25) is 0 Å². The van der Waals surface area contributed by atoms with Crippen molar-refractivity contribution < 1.29 is 24.2 Å². The molecule has 2 aliphatic rings. The van der Waals surface area contributed by atoms with E-state index in [1.807, 2.05) is 55.6 Å². The van der Waals surface area contributed by atoms with E-state index in [1.165, 1.54) is 27.6 Å². The average Bonchev–Trinajstić information content (AvgIpc) is 3.64. The number of ketones is 1. The summed E-state index contributed by atoms with van der Waals surface area (Å²) in [6.07, 6.45) is 0.769. The molecule has 1 fully saturated rings. The summed E-state index contributed by atoms with van der Waals surface area (Å²) in [5.74, 6) is -0.152. The fraction of sp³-hybridized carbons (Fsp3) is 0.222. The van der Waals surface area contributed by atoms with Crippen LogP contribution in [0.25, 0.3) is 16.0 Å². The minimum atomic E-state index is -0.777. The molecule has 0 radical (unpaired) electrons. The SMILES string of the molecule is CCOc1ccc2nc(N3C(=O)C(=O)/C(=C(\O)c4ccc5c(c4)CC(C)O5)C3c3cccs3)sc2c1. The Morgan fingerprint density at radius 2 is 2.08 bits per heavy atom. The molecule has 0 aliphatic carbocycles. The number of thiophene rings is 1. The van der Waals surface area contributed by atoms with Crippen LogP contribution in [-0.4, -0.2) is 34.5 Å². The molecule has 0 spiro atoms. The first-order valence-corrected chi connectivity index (χ1v) is 13.3. The Kier molecular flexibility index (Phi) is 5.54. The minimum Gasteiger partial charge on any atom is -0.507 e. The van der Waals surface area contributed by atoms with Gasteiger partial charge in [-0.15, -0.1) is 11.3 Å². The van der Waals surface area contributed by atoms with Gasteiger partial charge in [-0.2, -0.15) is 0 Å². The molecule has 182 valence electrons. The number of anilines is 1. The van der Waals surface area contributed by atoms with Crippen LogP contribution in [0.2, 0.25) is 0 Å². The first-order chi connectivity index (χ1) is 17.4. The van der Waals surface area contributed by atoms with E-state index in [0.29, 0.717) is 35.0 Å². The number of hydrogen-bond donors (Lipinski definition) is 1. The van der Waals surface area contributed by atoms with Gasteiger partial charge >= 0.3 is 5.91 Å². The Morgan fingerprint density at radius 1 is 1.22 bits per heavy atom. The largest absolute Gasteiger partial charge is 0.507 e. The first kappa shape index (κ1) is 22.8. The van der Waals surface area contributed by atoms with E-state index in [-0.39, 0.29) is 17.4 Å². The van der Waals surface area contributed by atoms with Gasteiger partial charge < -0.3 is 14.6 Å². The third-order valence-corrected chi connectivity index (χ3v) is 8.23. The van der Waals surface area contributed by atoms with Crippen LogP contribution in [0.5, 0.6) is 11.5 Å². The van der Waals surface area contributed by atoms with Crippen molar-refractivity contribution in [3.63, 3.8) is 0 Å². The zero-order valence-electron chi connectivity index (χ0n) is 19.6. The van der Waals surface area contributed by atoms with E-state index in [9.17, 15) is 14.7 Å². The van der Waals surface area contributed by atoms with Crippen molar-refractivity contribution in [1.82, 2.24) is 4.98 Å². The molecule has 1 N–H and O–H groups in total. The summed E-state index contributed by atoms with van der Waals surface area (Å²) < 4.78 is 12.2. The molecule has 1 amide bonds. The van der Waals surface area contributed by atoms with E-state index in [1.54, 1.807) is 12.1 Å². The molecule has 2 aromatic heterocycles. The smallest absolute Gasteiger partial charge is 0.301 e. The lowest BCUT2D eigenvalue weighted by atomic mass is 9.98. The zero-order chi connectivity index (χ0) is 25.0. The number of carbonyl (C=O) groups is 2. The highest BCUT2D eigenvalue weighted by Gasteiger charge is 2.48. The van der Waals surface area contributed by atoms with Crippen LogP contribution in [0.4, 0.5) is 5.13 Å². The molecule has 0 saturated carbocycles. The predicted octanol–water partition coefficient (Wildman–Crippen LogP) is 5.71. The second-order valence-corrected chi connectivity index (χ2v) is 10.7. The fourth-order valence-corrected chi connectivity index (χ4v) is 6.57. The fourth-order valence-electron chi connectivity index (χ4n) is 4.72.